The zero-order valence-electron chi connectivity index (χ0n) is 21.5. The van der Waals surface area contributed by atoms with Gasteiger partial charge in [-0.3, -0.25) is 9.63 Å². The number of amides is 1. The molecule has 9 nitrogen and oxygen atoms in total. The molecule has 1 aliphatic heterocycles. The third-order valence-electron chi connectivity index (χ3n) is 6.41. The lowest BCUT2D eigenvalue weighted by atomic mass is 10.0. The first-order valence-corrected chi connectivity index (χ1v) is 13.6. The Bertz CT molecular complexity index is 1520. The van der Waals surface area contributed by atoms with Gasteiger partial charge in [0.1, 0.15) is 16.5 Å². The number of rotatable bonds is 6. The number of halogens is 5. The minimum Gasteiger partial charge on any atom is -0.367 e. The topological polar surface area (TPSA) is 95.9 Å². The molecule has 1 fully saturated rings. The molecule has 0 bridgehead atoms. The Balaban J connectivity index is 1.77. The first-order chi connectivity index (χ1) is 18.7. The number of benzene rings is 2. The number of anilines is 2. The molecule has 0 saturated carbocycles. The molecule has 3 aromatic rings. The highest BCUT2D eigenvalue weighted by Gasteiger charge is 2.40. The minimum atomic E-state index is -5.00. The summed E-state index contributed by atoms with van der Waals surface area (Å²) in [6.45, 7) is 0.304. The third-order valence-corrected chi connectivity index (χ3v) is 7.52. The van der Waals surface area contributed by atoms with Gasteiger partial charge in [-0.15, -0.1) is 0 Å². The number of alkyl halides is 3. The summed E-state index contributed by atoms with van der Waals surface area (Å²) >= 11 is 0. The molecule has 0 unspecified atom stereocenters. The number of carbonyl (C=O) groups excluding carboxylic acids is 1. The monoisotopic (exact) mass is 585 g/mol. The van der Waals surface area contributed by atoms with Crippen LogP contribution in [0.25, 0.3) is 0 Å². The fraction of sp³-hybridized carbons (Fsp3) is 0.320. The molecular weight excluding hydrogens is 561 g/mol. The van der Waals surface area contributed by atoms with Gasteiger partial charge in [-0.05, 0) is 35.9 Å². The number of aromatic nitrogens is 2. The Hall–Kier alpha value is -3.85. The van der Waals surface area contributed by atoms with E-state index in [-0.39, 0.29) is 25.6 Å². The van der Waals surface area contributed by atoms with Crippen molar-refractivity contribution in [3.63, 3.8) is 0 Å². The van der Waals surface area contributed by atoms with E-state index in [0.717, 1.165) is 32.7 Å². The van der Waals surface area contributed by atoms with E-state index in [1.165, 1.54) is 41.3 Å². The van der Waals surface area contributed by atoms with Gasteiger partial charge >= 0.3 is 6.18 Å². The van der Waals surface area contributed by atoms with Crippen LogP contribution < -0.4 is 9.80 Å². The summed E-state index contributed by atoms with van der Waals surface area (Å²) < 4.78 is 94.0. The number of piperazine rings is 1. The lowest BCUT2D eigenvalue weighted by Gasteiger charge is -2.43. The van der Waals surface area contributed by atoms with Crippen LogP contribution >= 0.6 is 0 Å². The van der Waals surface area contributed by atoms with Gasteiger partial charge in [0.25, 0.3) is 5.91 Å². The number of hydrogen-bond donors (Lipinski definition) is 0. The van der Waals surface area contributed by atoms with Crippen molar-refractivity contribution in [1.82, 2.24) is 15.0 Å². The van der Waals surface area contributed by atoms with Gasteiger partial charge in [0.2, 0.25) is 5.95 Å². The van der Waals surface area contributed by atoms with Crippen molar-refractivity contribution in [2.75, 3.05) is 49.8 Å². The van der Waals surface area contributed by atoms with Gasteiger partial charge in [-0.1, -0.05) is 12.1 Å². The van der Waals surface area contributed by atoms with Crippen LogP contribution in [0, 0.1) is 11.6 Å². The molecule has 1 atom stereocenters. The highest BCUT2D eigenvalue weighted by molar-refractivity contribution is 7.90. The average Bonchev–Trinajstić information content (AvgIpc) is 2.91. The molecule has 214 valence electrons. The van der Waals surface area contributed by atoms with E-state index in [2.05, 4.69) is 9.97 Å². The Kier molecular flexibility index (Phi) is 7.99. The Morgan fingerprint density at radius 2 is 1.77 bits per heavy atom. The summed E-state index contributed by atoms with van der Waals surface area (Å²) in [5.41, 5.74) is -1.39. The second kappa shape index (κ2) is 11.0. The smallest absolute Gasteiger partial charge is 0.367 e. The fourth-order valence-electron chi connectivity index (χ4n) is 4.34. The summed E-state index contributed by atoms with van der Waals surface area (Å²) in [5, 5.41) is 0.612. The van der Waals surface area contributed by atoms with Crippen LogP contribution in [0.3, 0.4) is 0 Å². The predicted molar refractivity (Wildman–Crippen MR) is 134 cm³/mol. The van der Waals surface area contributed by atoms with E-state index < -0.39 is 55.7 Å². The van der Waals surface area contributed by atoms with Crippen LogP contribution in [-0.4, -0.2) is 69.4 Å². The third kappa shape index (κ3) is 5.99. The SMILES string of the molecule is CON(C)C(=O)c1cnc(N2CCN(c3ccc(F)c(S(C)(=O)=O)c3)C[C@H]2c2ccc(F)cc2)nc1C(F)(F)F. The van der Waals surface area contributed by atoms with Gasteiger partial charge in [-0.2, -0.15) is 13.2 Å². The van der Waals surface area contributed by atoms with Crippen molar-refractivity contribution in [3.8, 4) is 0 Å². The Labute approximate surface area is 226 Å². The molecule has 1 saturated heterocycles. The maximum atomic E-state index is 14.2. The van der Waals surface area contributed by atoms with E-state index in [4.69, 9.17) is 4.84 Å². The maximum Gasteiger partial charge on any atom is 0.434 e. The molecule has 0 N–H and O–H groups in total. The van der Waals surface area contributed by atoms with Gasteiger partial charge in [0, 0.05) is 44.8 Å². The summed E-state index contributed by atoms with van der Waals surface area (Å²) in [6.07, 6.45) is -3.35. The number of carbonyl (C=O) groups is 1. The first-order valence-electron chi connectivity index (χ1n) is 11.7. The maximum absolute atomic E-state index is 14.2. The lowest BCUT2D eigenvalue weighted by Crippen LogP contribution is -2.49. The van der Waals surface area contributed by atoms with Crippen molar-refractivity contribution in [2.45, 2.75) is 17.1 Å². The van der Waals surface area contributed by atoms with Crippen LogP contribution in [0.5, 0.6) is 0 Å². The molecule has 40 heavy (non-hydrogen) atoms. The Morgan fingerprint density at radius 3 is 2.38 bits per heavy atom. The second-order valence-corrected chi connectivity index (χ2v) is 11.0. The fourth-order valence-corrected chi connectivity index (χ4v) is 5.09. The van der Waals surface area contributed by atoms with Crippen molar-refractivity contribution in [3.05, 3.63) is 77.1 Å². The van der Waals surface area contributed by atoms with Gasteiger partial charge in [0.15, 0.2) is 15.5 Å². The highest BCUT2D eigenvalue weighted by atomic mass is 32.2. The molecule has 2 heterocycles. The van der Waals surface area contributed by atoms with Crippen LogP contribution in [0.1, 0.15) is 27.7 Å². The summed E-state index contributed by atoms with van der Waals surface area (Å²) in [6, 6.07) is 8.17. The molecule has 0 spiro atoms. The average molecular weight is 586 g/mol. The van der Waals surface area contributed by atoms with Crippen molar-refractivity contribution in [1.29, 1.82) is 0 Å². The summed E-state index contributed by atoms with van der Waals surface area (Å²) in [7, 11) is -1.62. The van der Waals surface area contributed by atoms with Crippen molar-refractivity contribution < 1.29 is 40.0 Å². The quantitative estimate of drug-likeness (QED) is 0.318. The van der Waals surface area contributed by atoms with E-state index in [9.17, 15) is 35.2 Å². The van der Waals surface area contributed by atoms with E-state index in [1.54, 1.807) is 4.90 Å². The summed E-state index contributed by atoms with van der Waals surface area (Å²) in [5.74, 6) is -2.87. The number of hydrogen-bond acceptors (Lipinski definition) is 8. The zero-order chi connectivity index (χ0) is 29.4. The Morgan fingerprint density at radius 1 is 1.10 bits per heavy atom. The molecule has 0 aliphatic carbocycles. The van der Waals surface area contributed by atoms with E-state index in [1.807, 2.05) is 0 Å². The predicted octanol–water partition coefficient (Wildman–Crippen LogP) is 3.88. The van der Waals surface area contributed by atoms with Crippen LogP contribution in [0.15, 0.2) is 53.6 Å². The number of hydroxylamine groups is 2. The standard InChI is InChI=1S/C25H24F5N5O4S/c1-33(39-2)23(36)18-13-31-24(32-22(18)25(28,29)30)35-11-10-34(14-20(35)15-4-6-16(26)7-5-15)17-8-9-19(27)21(12-17)40(3,37)38/h4-9,12-13,20H,10-11,14H2,1-3H3/t20-/m0/s1. The molecule has 1 aliphatic rings. The first kappa shape index (κ1) is 29.1. The van der Waals surface area contributed by atoms with Gasteiger partial charge in [0.05, 0.1) is 18.7 Å². The minimum absolute atomic E-state index is 0.0518. The van der Waals surface area contributed by atoms with Crippen LogP contribution in [0.4, 0.5) is 33.6 Å². The van der Waals surface area contributed by atoms with E-state index in [0.29, 0.717) is 16.3 Å². The van der Waals surface area contributed by atoms with Crippen LogP contribution in [0.2, 0.25) is 0 Å². The van der Waals surface area contributed by atoms with Gasteiger partial charge < -0.3 is 9.80 Å². The number of nitrogens with zero attached hydrogens (tertiary/aromatic N) is 5. The molecule has 1 aromatic heterocycles. The summed E-state index contributed by atoms with van der Waals surface area (Å²) in [4.78, 5) is 27.7. The zero-order valence-corrected chi connectivity index (χ0v) is 22.3. The molecule has 2 aromatic carbocycles. The molecule has 4 rings (SSSR count). The molecule has 0 radical (unpaired) electrons. The second-order valence-electron chi connectivity index (χ2n) is 9.01. The van der Waals surface area contributed by atoms with Crippen molar-refractivity contribution in [2.24, 2.45) is 0 Å². The van der Waals surface area contributed by atoms with Crippen LogP contribution in [-0.2, 0) is 20.9 Å². The largest absolute Gasteiger partial charge is 0.434 e. The van der Waals surface area contributed by atoms with Gasteiger partial charge in [-0.25, -0.2) is 32.2 Å². The van der Waals surface area contributed by atoms with E-state index >= 15 is 0 Å². The van der Waals surface area contributed by atoms with Crippen molar-refractivity contribution >= 4 is 27.4 Å². The lowest BCUT2D eigenvalue weighted by molar-refractivity contribution is -0.142. The molecule has 15 heteroatoms. The number of sulfone groups is 1. The molecule has 1 amide bonds. The highest BCUT2D eigenvalue weighted by Crippen LogP contribution is 2.36. The molecular formula is C25H24F5N5O4S. The normalized spacial score (nSPS) is 16.2.